The van der Waals surface area contributed by atoms with Crippen LogP contribution in [0.3, 0.4) is 0 Å². The quantitative estimate of drug-likeness (QED) is 0.605. The number of halogens is 1. The van der Waals surface area contributed by atoms with Crippen molar-refractivity contribution in [3.05, 3.63) is 24.0 Å². The molecule has 4 nitrogen and oxygen atoms in total. The molecular weight excluding hydrogens is 201 g/mol. The molecule has 0 fully saturated rings. The Labute approximate surface area is 86.8 Å². The molecule has 1 aromatic carbocycles. The average Bonchev–Trinajstić information content (AvgIpc) is 2.17. The summed E-state index contributed by atoms with van der Waals surface area (Å²) in [5.41, 5.74) is 5.62. The Morgan fingerprint density at radius 3 is 2.87 bits per heavy atom. The van der Waals surface area contributed by atoms with Crippen molar-refractivity contribution in [1.82, 2.24) is 0 Å². The first-order valence-electron chi connectivity index (χ1n) is 4.47. The van der Waals surface area contributed by atoms with E-state index < -0.39 is 11.8 Å². The van der Waals surface area contributed by atoms with E-state index in [-0.39, 0.29) is 18.0 Å². The summed E-state index contributed by atoms with van der Waals surface area (Å²) >= 11 is 0. The van der Waals surface area contributed by atoms with Crippen molar-refractivity contribution in [3.63, 3.8) is 0 Å². The molecule has 0 aliphatic rings. The second-order valence-corrected chi connectivity index (χ2v) is 2.78. The van der Waals surface area contributed by atoms with E-state index in [4.69, 9.17) is 10.5 Å². The van der Waals surface area contributed by atoms with E-state index in [2.05, 4.69) is 4.74 Å². The Morgan fingerprint density at radius 2 is 2.27 bits per heavy atom. The molecule has 0 radical (unpaired) electrons. The standard InChI is InChI=1S/C10H12FNO3/c1-2-14-10(13)6-15-9-4-3-7(11)5-8(9)12/h3-5H,2,6,12H2,1H3. The summed E-state index contributed by atoms with van der Waals surface area (Å²) in [5, 5.41) is 0. The number of rotatable bonds is 4. The minimum atomic E-state index is -0.485. The van der Waals surface area contributed by atoms with Crippen molar-refractivity contribution in [2.75, 3.05) is 18.9 Å². The van der Waals surface area contributed by atoms with E-state index in [0.717, 1.165) is 6.07 Å². The molecule has 0 amide bonds. The highest BCUT2D eigenvalue weighted by Crippen LogP contribution is 2.21. The highest BCUT2D eigenvalue weighted by molar-refractivity contribution is 5.71. The maximum Gasteiger partial charge on any atom is 0.344 e. The minimum absolute atomic E-state index is 0.152. The third-order valence-corrected chi connectivity index (χ3v) is 1.62. The van der Waals surface area contributed by atoms with Gasteiger partial charge in [-0.1, -0.05) is 0 Å². The second kappa shape index (κ2) is 5.19. The van der Waals surface area contributed by atoms with Crippen molar-refractivity contribution in [2.24, 2.45) is 0 Å². The molecule has 15 heavy (non-hydrogen) atoms. The minimum Gasteiger partial charge on any atom is -0.480 e. The first kappa shape index (κ1) is 11.3. The molecule has 0 bridgehead atoms. The maximum atomic E-state index is 12.6. The van der Waals surface area contributed by atoms with Gasteiger partial charge >= 0.3 is 5.97 Å². The fourth-order valence-corrected chi connectivity index (χ4v) is 0.990. The van der Waals surface area contributed by atoms with E-state index in [9.17, 15) is 9.18 Å². The van der Waals surface area contributed by atoms with Crippen LogP contribution in [0.1, 0.15) is 6.92 Å². The number of nitrogens with two attached hydrogens (primary N) is 1. The molecule has 0 saturated heterocycles. The zero-order valence-corrected chi connectivity index (χ0v) is 8.33. The fourth-order valence-electron chi connectivity index (χ4n) is 0.990. The molecule has 0 spiro atoms. The van der Waals surface area contributed by atoms with E-state index >= 15 is 0 Å². The Balaban J connectivity index is 2.54. The predicted molar refractivity (Wildman–Crippen MR) is 52.9 cm³/mol. The Hall–Kier alpha value is -1.78. The van der Waals surface area contributed by atoms with Crippen LogP contribution < -0.4 is 10.5 Å². The molecule has 2 N–H and O–H groups in total. The van der Waals surface area contributed by atoms with Gasteiger partial charge in [-0.05, 0) is 19.1 Å². The molecule has 0 atom stereocenters. The van der Waals surface area contributed by atoms with Gasteiger partial charge < -0.3 is 15.2 Å². The molecule has 0 aromatic heterocycles. The van der Waals surface area contributed by atoms with Crippen molar-refractivity contribution in [3.8, 4) is 5.75 Å². The fraction of sp³-hybridized carbons (Fsp3) is 0.300. The third kappa shape index (κ3) is 3.46. The normalized spacial score (nSPS) is 9.73. The van der Waals surface area contributed by atoms with Gasteiger partial charge in [0.2, 0.25) is 0 Å². The molecule has 0 saturated carbocycles. The number of ether oxygens (including phenoxy) is 2. The van der Waals surface area contributed by atoms with Crippen LogP contribution in [-0.4, -0.2) is 19.2 Å². The van der Waals surface area contributed by atoms with Crippen LogP contribution in [0.2, 0.25) is 0 Å². The highest BCUT2D eigenvalue weighted by Gasteiger charge is 2.06. The molecule has 0 aliphatic carbocycles. The van der Waals surface area contributed by atoms with Crippen LogP contribution in [0.4, 0.5) is 10.1 Å². The third-order valence-electron chi connectivity index (χ3n) is 1.62. The largest absolute Gasteiger partial charge is 0.480 e. The number of benzene rings is 1. The van der Waals surface area contributed by atoms with Crippen LogP contribution in [0, 0.1) is 5.82 Å². The zero-order valence-electron chi connectivity index (χ0n) is 8.33. The molecule has 0 unspecified atom stereocenters. The lowest BCUT2D eigenvalue weighted by atomic mass is 10.3. The SMILES string of the molecule is CCOC(=O)COc1ccc(F)cc1N. The number of esters is 1. The predicted octanol–water partition coefficient (Wildman–Crippen LogP) is 1.35. The first-order valence-corrected chi connectivity index (χ1v) is 4.47. The van der Waals surface area contributed by atoms with Crippen molar-refractivity contribution >= 4 is 11.7 Å². The molecular formula is C10H12FNO3. The Bertz CT molecular complexity index is 355. The van der Waals surface area contributed by atoms with E-state index in [0.29, 0.717) is 6.61 Å². The van der Waals surface area contributed by atoms with Gasteiger partial charge in [0.1, 0.15) is 11.6 Å². The summed E-state index contributed by atoms with van der Waals surface area (Å²) < 4.78 is 22.3. The first-order chi connectivity index (χ1) is 7.13. The number of carbonyl (C=O) groups excluding carboxylic acids is 1. The lowest BCUT2D eigenvalue weighted by Crippen LogP contribution is -2.15. The summed E-state index contributed by atoms with van der Waals surface area (Å²) in [7, 11) is 0. The van der Waals surface area contributed by atoms with Gasteiger partial charge in [-0.3, -0.25) is 0 Å². The Kier molecular flexibility index (Phi) is 3.91. The van der Waals surface area contributed by atoms with Crippen LogP contribution in [0.5, 0.6) is 5.75 Å². The van der Waals surface area contributed by atoms with Gasteiger partial charge in [0, 0.05) is 6.07 Å². The molecule has 1 rings (SSSR count). The lowest BCUT2D eigenvalue weighted by molar-refractivity contribution is -0.145. The van der Waals surface area contributed by atoms with Gasteiger partial charge in [-0.25, -0.2) is 9.18 Å². The van der Waals surface area contributed by atoms with Crippen LogP contribution in [-0.2, 0) is 9.53 Å². The van der Waals surface area contributed by atoms with Crippen LogP contribution in [0.25, 0.3) is 0 Å². The number of carbonyl (C=O) groups is 1. The van der Waals surface area contributed by atoms with Crippen molar-refractivity contribution in [1.29, 1.82) is 0 Å². The van der Waals surface area contributed by atoms with Crippen molar-refractivity contribution in [2.45, 2.75) is 6.92 Å². The highest BCUT2D eigenvalue weighted by atomic mass is 19.1. The van der Waals surface area contributed by atoms with E-state index in [1.54, 1.807) is 6.92 Å². The van der Waals surface area contributed by atoms with Gasteiger partial charge in [0.15, 0.2) is 6.61 Å². The van der Waals surface area contributed by atoms with Gasteiger partial charge in [-0.15, -0.1) is 0 Å². The number of hydrogen-bond donors (Lipinski definition) is 1. The molecule has 0 aliphatic heterocycles. The summed E-state index contributed by atoms with van der Waals surface area (Å²) in [6.07, 6.45) is 0. The molecule has 0 heterocycles. The summed E-state index contributed by atoms with van der Waals surface area (Å²) in [6, 6.07) is 3.70. The van der Waals surface area contributed by atoms with Crippen LogP contribution in [0.15, 0.2) is 18.2 Å². The number of nitrogen functional groups attached to an aromatic ring is 1. The monoisotopic (exact) mass is 213 g/mol. The number of anilines is 1. The van der Waals surface area contributed by atoms with E-state index in [1.165, 1.54) is 12.1 Å². The number of hydrogen-bond acceptors (Lipinski definition) is 4. The summed E-state index contributed by atoms with van der Waals surface area (Å²) in [4.78, 5) is 10.9. The van der Waals surface area contributed by atoms with Gasteiger partial charge in [-0.2, -0.15) is 0 Å². The Morgan fingerprint density at radius 1 is 1.53 bits per heavy atom. The van der Waals surface area contributed by atoms with E-state index in [1.807, 2.05) is 0 Å². The smallest absolute Gasteiger partial charge is 0.344 e. The maximum absolute atomic E-state index is 12.6. The summed E-state index contributed by atoms with van der Waals surface area (Å²) in [6.45, 7) is 1.76. The average molecular weight is 213 g/mol. The summed E-state index contributed by atoms with van der Waals surface area (Å²) in [5.74, 6) is -0.665. The van der Waals surface area contributed by atoms with Crippen LogP contribution >= 0.6 is 0 Å². The van der Waals surface area contributed by atoms with Gasteiger partial charge in [0.05, 0.1) is 12.3 Å². The molecule has 1 aromatic rings. The lowest BCUT2D eigenvalue weighted by Gasteiger charge is -2.07. The second-order valence-electron chi connectivity index (χ2n) is 2.78. The zero-order chi connectivity index (χ0) is 11.3. The molecule has 82 valence electrons. The van der Waals surface area contributed by atoms with Crippen molar-refractivity contribution < 1.29 is 18.7 Å². The topological polar surface area (TPSA) is 61.5 Å². The van der Waals surface area contributed by atoms with Gasteiger partial charge in [0.25, 0.3) is 0 Å². The molecule has 5 heteroatoms.